The van der Waals surface area contributed by atoms with Crippen molar-refractivity contribution in [2.75, 3.05) is 18.0 Å². The van der Waals surface area contributed by atoms with E-state index in [2.05, 4.69) is 46.5 Å². The minimum atomic E-state index is 0.677. The monoisotopic (exact) mass is 287 g/mol. The Morgan fingerprint density at radius 2 is 2.25 bits per heavy atom. The molecule has 0 saturated carbocycles. The van der Waals surface area contributed by atoms with E-state index in [9.17, 15) is 0 Å². The molecule has 0 spiro atoms. The van der Waals surface area contributed by atoms with Crippen LogP contribution in [0.5, 0.6) is 0 Å². The van der Waals surface area contributed by atoms with Gasteiger partial charge in [-0.3, -0.25) is 0 Å². The Morgan fingerprint density at radius 3 is 3.10 bits per heavy atom. The van der Waals surface area contributed by atoms with E-state index in [4.69, 9.17) is 5.73 Å². The maximum Gasteiger partial charge on any atom is 0.0941 e. The van der Waals surface area contributed by atoms with Crippen molar-refractivity contribution in [3.8, 4) is 0 Å². The second kappa shape index (κ2) is 5.94. The summed E-state index contributed by atoms with van der Waals surface area (Å²) in [6.07, 6.45) is 2.07. The van der Waals surface area contributed by atoms with Crippen LogP contribution in [-0.4, -0.2) is 18.1 Å². The second-order valence-corrected chi connectivity index (χ2v) is 6.53. The summed E-state index contributed by atoms with van der Waals surface area (Å²) in [5, 5.41) is 3.33. The quantitative estimate of drug-likeness (QED) is 0.940. The lowest BCUT2D eigenvalue weighted by Crippen LogP contribution is -2.33. The Labute approximate surface area is 124 Å². The number of rotatable bonds is 4. The van der Waals surface area contributed by atoms with Gasteiger partial charge in [0.25, 0.3) is 0 Å². The van der Waals surface area contributed by atoms with Crippen LogP contribution in [0, 0.1) is 5.92 Å². The summed E-state index contributed by atoms with van der Waals surface area (Å²) in [5.41, 5.74) is 9.60. The van der Waals surface area contributed by atoms with Crippen LogP contribution in [0.25, 0.3) is 0 Å². The number of anilines is 1. The lowest BCUT2D eigenvalue weighted by molar-refractivity contribution is 0.528. The highest BCUT2D eigenvalue weighted by molar-refractivity contribution is 7.09. The zero-order chi connectivity index (χ0) is 13.9. The van der Waals surface area contributed by atoms with E-state index in [-0.39, 0.29) is 0 Å². The third-order valence-corrected chi connectivity index (χ3v) is 4.70. The van der Waals surface area contributed by atoms with Gasteiger partial charge in [-0.05, 0) is 30.5 Å². The third-order valence-electron chi connectivity index (χ3n) is 3.74. The van der Waals surface area contributed by atoms with E-state index in [1.807, 2.05) is 0 Å². The summed E-state index contributed by atoms with van der Waals surface area (Å²) >= 11 is 1.73. The maximum absolute atomic E-state index is 5.59. The normalized spacial score (nSPS) is 18.1. The van der Waals surface area contributed by atoms with E-state index in [0.717, 1.165) is 24.5 Å². The van der Waals surface area contributed by atoms with Crippen molar-refractivity contribution in [1.82, 2.24) is 4.98 Å². The number of para-hydroxylation sites is 1. The molecule has 0 fully saturated rings. The molecule has 1 aliphatic heterocycles. The topological polar surface area (TPSA) is 42.1 Å². The Hall–Kier alpha value is -1.39. The Balaban J connectivity index is 1.79. The van der Waals surface area contributed by atoms with Gasteiger partial charge in [-0.25, -0.2) is 4.98 Å². The lowest BCUT2D eigenvalue weighted by Gasteiger charge is -2.34. The second-order valence-electron chi connectivity index (χ2n) is 5.59. The van der Waals surface area contributed by atoms with Gasteiger partial charge in [-0.15, -0.1) is 11.3 Å². The number of thiazole rings is 1. The first-order chi connectivity index (χ1) is 9.76. The summed E-state index contributed by atoms with van der Waals surface area (Å²) in [6, 6.07) is 8.74. The molecule has 106 valence electrons. The summed E-state index contributed by atoms with van der Waals surface area (Å²) in [6.45, 7) is 5.02. The van der Waals surface area contributed by atoms with Crippen molar-refractivity contribution in [2.24, 2.45) is 11.7 Å². The van der Waals surface area contributed by atoms with E-state index < -0.39 is 0 Å². The van der Waals surface area contributed by atoms with Crippen LogP contribution in [0.2, 0.25) is 0 Å². The number of hydrogen-bond donors (Lipinski definition) is 1. The number of fused-ring (bicyclic) bond motifs is 1. The SMILES string of the molecule is CC1Cc2ccccc2N(Cc2csc(CCN)n2)C1. The van der Waals surface area contributed by atoms with Gasteiger partial charge < -0.3 is 10.6 Å². The fourth-order valence-electron chi connectivity index (χ4n) is 2.91. The average Bonchev–Trinajstić information content (AvgIpc) is 2.86. The Kier molecular flexibility index (Phi) is 4.03. The predicted molar refractivity (Wildman–Crippen MR) is 85.2 cm³/mol. The van der Waals surface area contributed by atoms with Gasteiger partial charge in [0, 0.05) is 24.0 Å². The van der Waals surface area contributed by atoms with Crippen LogP contribution in [0.4, 0.5) is 5.69 Å². The van der Waals surface area contributed by atoms with Gasteiger partial charge >= 0.3 is 0 Å². The third kappa shape index (κ3) is 2.86. The first kappa shape index (κ1) is 13.6. The van der Waals surface area contributed by atoms with Gasteiger partial charge in [-0.2, -0.15) is 0 Å². The highest BCUT2D eigenvalue weighted by atomic mass is 32.1. The van der Waals surface area contributed by atoms with Crippen LogP contribution in [-0.2, 0) is 19.4 Å². The predicted octanol–water partition coefficient (Wildman–Crippen LogP) is 2.84. The van der Waals surface area contributed by atoms with Crippen molar-refractivity contribution >= 4 is 17.0 Å². The fourth-order valence-corrected chi connectivity index (χ4v) is 3.72. The molecule has 0 amide bonds. The van der Waals surface area contributed by atoms with E-state index >= 15 is 0 Å². The molecule has 1 aliphatic rings. The zero-order valence-electron chi connectivity index (χ0n) is 11.9. The molecule has 1 unspecified atom stereocenters. The highest BCUT2D eigenvalue weighted by Crippen LogP contribution is 2.30. The summed E-state index contributed by atoms with van der Waals surface area (Å²) in [5.74, 6) is 0.701. The molecule has 1 aromatic carbocycles. The van der Waals surface area contributed by atoms with Gasteiger partial charge in [0.15, 0.2) is 0 Å². The lowest BCUT2D eigenvalue weighted by atomic mass is 9.94. The molecule has 0 radical (unpaired) electrons. The van der Waals surface area contributed by atoms with Crippen LogP contribution in [0.3, 0.4) is 0 Å². The number of aromatic nitrogens is 1. The smallest absolute Gasteiger partial charge is 0.0941 e. The number of nitrogens with two attached hydrogens (primary N) is 1. The van der Waals surface area contributed by atoms with Crippen molar-refractivity contribution in [3.05, 3.63) is 45.9 Å². The standard InChI is InChI=1S/C16H21N3S/c1-12-8-13-4-2-3-5-15(13)19(9-12)10-14-11-20-16(18-14)6-7-17/h2-5,11-12H,6-10,17H2,1H3. The average molecular weight is 287 g/mol. The molecule has 0 aliphatic carbocycles. The van der Waals surface area contributed by atoms with Crippen LogP contribution in [0.1, 0.15) is 23.2 Å². The first-order valence-corrected chi connectivity index (χ1v) is 8.10. The molecular weight excluding hydrogens is 266 g/mol. The number of hydrogen-bond acceptors (Lipinski definition) is 4. The molecule has 1 atom stereocenters. The van der Waals surface area contributed by atoms with Crippen molar-refractivity contribution in [2.45, 2.75) is 26.3 Å². The summed E-state index contributed by atoms with van der Waals surface area (Å²) in [7, 11) is 0. The van der Waals surface area contributed by atoms with Crippen molar-refractivity contribution in [1.29, 1.82) is 0 Å². The molecule has 2 aromatic rings. The van der Waals surface area contributed by atoms with Crippen LogP contribution >= 0.6 is 11.3 Å². The van der Waals surface area contributed by atoms with Crippen molar-refractivity contribution in [3.63, 3.8) is 0 Å². The van der Waals surface area contributed by atoms with Crippen LogP contribution in [0.15, 0.2) is 29.6 Å². The van der Waals surface area contributed by atoms with E-state index in [1.54, 1.807) is 11.3 Å². The van der Waals surface area contributed by atoms with E-state index in [0.29, 0.717) is 12.5 Å². The van der Waals surface area contributed by atoms with Gasteiger partial charge in [0.1, 0.15) is 0 Å². The molecule has 0 saturated heterocycles. The number of benzene rings is 1. The van der Waals surface area contributed by atoms with Gasteiger partial charge in [-0.1, -0.05) is 25.1 Å². The molecule has 0 bridgehead atoms. The highest BCUT2D eigenvalue weighted by Gasteiger charge is 2.21. The molecule has 3 rings (SSSR count). The minimum Gasteiger partial charge on any atom is -0.365 e. The molecule has 3 nitrogen and oxygen atoms in total. The number of nitrogens with zero attached hydrogens (tertiary/aromatic N) is 2. The molecule has 2 N–H and O–H groups in total. The molecule has 2 heterocycles. The summed E-state index contributed by atoms with van der Waals surface area (Å²) < 4.78 is 0. The van der Waals surface area contributed by atoms with Gasteiger partial charge in [0.05, 0.1) is 17.2 Å². The van der Waals surface area contributed by atoms with Crippen molar-refractivity contribution < 1.29 is 0 Å². The summed E-state index contributed by atoms with van der Waals surface area (Å²) in [4.78, 5) is 7.15. The zero-order valence-corrected chi connectivity index (χ0v) is 12.7. The van der Waals surface area contributed by atoms with Crippen LogP contribution < -0.4 is 10.6 Å². The molecule has 4 heteroatoms. The maximum atomic E-state index is 5.59. The van der Waals surface area contributed by atoms with E-state index in [1.165, 1.54) is 23.4 Å². The van der Waals surface area contributed by atoms with Gasteiger partial charge in [0.2, 0.25) is 0 Å². The molecule has 1 aromatic heterocycles. The Bertz CT molecular complexity index is 579. The molecular formula is C16H21N3S. The molecule has 20 heavy (non-hydrogen) atoms. The Morgan fingerprint density at radius 1 is 1.40 bits per heavy atom. The fraction of sp³-hybridized carbons (Fsp3) is 0.438. The largest absolute Gasteiger partial charge is 0.365 e. The minimum absolute atomic E-state index is 0.677. The first-order valence-electron chi connectivity index (χ1n) is 7.22.